The van der Waals surface area contributed by atoms with E-state index in [-0.39, 0.29) is 24.8 Å². The van der Waals surface area contributed by atoms with E-state index >= 15 is 0 Å². The van der Waals surface area contributed by atoms with E-state index in [1.54, 1.807) is 21.5 Å². The van der Waals surface area contributed by atoms with Gasteiger partial charge in [0.25, 0.3) is 0 Å². The van der Waals surface area contributed by atoms with Gasteiger partial charge >= 0.3 is 215 Å². The number of hydrogen-bond acceptors (Lipinski definition) is 1. The van der Waals surface area contributed by atoms with Gasteiger partial charge in [0.15, 0.2) is 0 Å². The van der Waals surface area contributed by atoms with Gasteiger partial charge < -0.3 is 24.8 Å². The first-order valence-corrected chi connectivity index (χ1v) is 24.6. The molecule has 0 saturated carbocycles. The first-order chi connectivity index (χ1) is 16.9. The van der Waals surface area contributed by atoms with Crippen LogP contribution in [0.15, 0.2) is 109 Å². The predicted molar refractivity (Wildman–Crippen MR) is 145 cm³/mol. The number of hydrogen-bond donors (Lipinski definition) is 1. The molecule has 5 rings (SSSR count). The summed E-state index contributed by atoms with van der Waals surface area (Å²) in [6.45, 7) is 3.47. The molecule has 1 aliphatic rings. The van der Waals surface area contributed by atoms with Crippen molar-refractivity contribution in [1.29, 1.82) is 0 Å². The molecule has 0 aliphatic heterocycles. The summed E-state index contributed by atoms with van der Waals surface area (Å²) >= 11 is -2.50. The van der Waals surface area contributed by atoms with Crippen molar-refractivity contribution in [2.24, 2.45) is 0 Å². The molecule has 1 N–H and O–H groups in total. The van der Waals surface area contributed by atoms with Crippen LogP contribution >= 0.6 is 0 Å². The zero-order valence-corrected chi connectivity index (χ0v) is 27.1. The van der Waals surface area contributed by atoms with Crippen molar-refractivity contribution in [2.45, 2.75) is 36.3 Å². The summed E-state index contributed by atoms with van der Waals surface area (Å²) in [5.41, 5.74) is 6.09. The van der Waals surface area contributed by atoms with Gasteiger partial charge in [-0.15, -0.1) is 0 Å². The van der Waals surface area contributed by atoms with Crippen LogP contribution in [0.3, 0.4) is 0 Å². The van der Waals surface area contributed by atoms with E-state index in [4.69, 9.17) is 0 Å². The van der Waals surface area contributed by atoms with Crippen LogP contribution in [0.2, 0.25) is 0 Å². The quantitative estimate of drug-likeness (QED) is 0.182. The number of nitrogens with one attached hydrogen (secondary N) is 1. The zero-order valence-electron chi connectivity index (χ0n) is 20.8. The Morgan fingerprint density at radius 2 is 1.08 bits per heavy atom. The van der Waals surface area contributed by atoms with Crippen LogP contribution in [-0.2, 0) is 20.9 Å². The number of fused-ring (bicyclic) bond motifs is 3. The fraction of sp³-hybridized carbons (Fsp3) is 0.226. The van der Waals surface area contributed by atoms with E-state index in [0.29, 0.717) is 3.67 Å². The molecule has 0 bridgehead atoms. The maximum atomic E-state index is 4.37. The molecule has 185 valence electrons. The second kappa shape index (κ2) is 14.4. The molecule has 4 aromatic rings. The van der Waals surface area contributed by atoms with E-state index < -0.39 is 26.9 Å². The molecule has 0 atom stereocenters. The van der Waals surface area contributed by atoms with Crippen molar-refractivity contribution < 1.29 is 45.7 Å². The van der Waals surface area contributed by atoms with Crippen molar-refractivity contribution in [1.82, 2.24) is 3.30 Å². The van der Waals surface area contributed by atoms with Gasteiger partial charge in [-0.3, -0.25) is 0 Å². The number of halogens is 2. The Labute approximate surface area is 238 Å². The van der Waals surface area contributed by atoms with Gasteiger partial charge in [0, 0.05) is 0 Å². The molecule has 0 fully saturated rings. The summed E-state index contributed by atoms with van der Waals surface area (Å²) in [7, 11) is 0. The van der Waals surface area contributed by atoms with E-state index in [1.807, 2.05) is 0 Å². The Bertz CT molecular complexity index is 1120. The van der Waals surface area contributed by atoms with Crippen LogP contribution in [-0.4, -0.2) is 12.5 Å². The largest absolute Gasteiger partial charge is 1.00 e. The maximum absolute atomic E-state index is 4.37. The molecule has 0 spiro atoms. The van der Waals surface area contributed by atoms with Crippen LogP contribution in [0.1, 0.15) is 47.4 Å². The van der Waals surface area contributed by atoms with E-state index in [0.717, 1.165) is 0 Å². The first kappa shape index (κ1) is 29.1. The third kappa shape index (κ3) is 6.31. The molecule has 4 aromatic carbocycles. The van der Waals surface area contributed by atoms with Gasteiger partial charge in [-0.25, -0.2) is 0 Å². The summed E-state index contributed by atoms with van der Waals surface area (Å²) in [6.07, 6.45) is 5.27. The van der Waals surface area contributed by atoms with Gasteiger partial charge in [0.05, 0.1) is 0 Å². The molecule has 0 heterocycles. The molecule has 1 nitrogen and oxygen atoms in total. The Kier molecular flexibility index (Phi) is 11.7. The predicted octanol–water partition coefficient (Wildman–Crippen LogP) is 0.00570. The smallest absolute Gasteiger partial charge is 1.00 e. The van der Waals surface area contributed by atoms with Crippen LogP contribution in [0.5, 0.6) is 0 Å². The molecule has 0 unspecified atom stereocenters. The van der Waals surface area contributed by atoms with Gasteiger partial charge in [-0.2, -0.15) is 0 Å². The second-order valence-electron chi connectivity index (χ2n) is 9.30. The average molecular weight is 698 g/mol. The SMILES string of the molecule is CCCCCC[NH][Hf+2]([CH]1c2ccccc2-c2ccccc21)[SiH](c1ccccc1)c1ccccc1.[Cl-].[Cl-]. The summed E-state index contributed by atoms with van der Waals surface area (Å²) in [5, 5.41) is 3.22. The van der Waals surface area contributed by atoms with Crippen molar-refractivity contribution in [2.75, 3.05) is 6.54 Å². The number of benzene rings is 4. The molecular formula is C31H34Cl2HfNSi. The van der Waals surface area contributed by atoms with Crippen molar-refractivity contribution in [3.63, 3.8) is 0 Å². The first-order valence-electron chi connectivity index (χ1n) is 12.8. The van der Waals surface area contributed by atoms with E-state index in [2.05, 4.69) is 119 Å². The van der Waals surface area contributed by atoms with Crippen LogP contribution in [0, 0.1) is 0 Å². The Hall–Kier alpha value is -1.49. The topological polar surface area (TPSA) is 12.0 Å². The van der Waals surface area contributed by atoms with E-state index in [1.165, 1.54) is 43.4 Å². The minimum absolute atomic E-state index is 0. The van der Waals surface area contributed by atoms with Gasteiger partial charge in [-0.1, -0.05) is 0 Å². The standard InChI is InChI=1S/C13H9.C12H11Si.C6H14N.2ClH.Hf/c1-3-7-12-10(5-1)9-11-6-2-4-8-13(11)12;1-3-7-11(8-4-1)13-12-9-5-2-6-10-12;1-2-3-4-5-6-7;;;/h1-9H;1-10,13H;7H,2-6H2,1H3;2*1H;/q;;-1;;;+3/p-2. The molecule has 0 radical (unpaired) electrons. The fourth-order valence-corrected chi connectivity index (χ4v) is 36.8. The van der Waals surface area contributed by atoms with Gasteiger partial charge in [0.2, 0.25) is 0 Å². The third-order valence-corrected chi connectivity index (χ3v) is 34.9. The van der Waals surface area contributed by atoms with Gasteiger partial charge in [0.1, 0.15) is 0 Å². The second-order valence-corrected chi connectivity index (χ2v) is 29.4. The average Bonchev–Trinajstić information content (AvgIpc) is 3.23. The summed E-state index contributed by atoms with van der Waals surface area (Å²) in [6, 6.07) is 41.5. The number of rotatable bonds is 10. The Morgan fingerprint density at radius 1 is 0.611 bits per heavy atom. The van der Waals surface area contributed by atoms with Crippen molar-refractivity contribution in [3.05, 3.63) is 120 Å². The summed E-state index contributed by atoms with van der Waals surface area (Å²) in [5.74, 6) is -1.39. The van der Waals surface area contributed by atoms with Gasteiger partial charge in [-0.05, 0) is 0 Å². The van der Waals surface area contributed by atoms with Crippen molar-refractivity contribution in [3.8, 4) is 11.1 Å². The minimum atomic E-state index is -2.50. The molecule has 1 aliphatic carbocycles. The van der Waals surface area contributed by atoms with Crippen molar-refractivity contribution >= 4 is 16.4 Å². The third-order valence-electron chi connectivity index (χ3n) is 7.08. The Balaban J connectivity index is 0.00000180. The fourth-order valence-electron chi connectivity index (χ4n) is 5.49. The molecule has 0 saturated heterocycles. The molecule has 36 heavy (non-hydrogen) atoms. The zero-order chi connectivity index (χ0) is 23.2. The molecule has 0 aromatic heterocycles. The summed E-state index contributed by atoms with van der Waals surface area (Å²) < 4.78 is 4.96. The maximum Gasteiger partial charge on any atom is -1.00 e. The monoisotopic (exact) mass is 698 g/mol. The Morgan fingerprint density at radius 3 is 1.58 bits per heavy atom. The number of unbranched alkanes of at least 4 members (excludes halogenated alkanes) is 3. The van der Waals surface area contributed by atoms with E-state index in [9.17, 15) is 0 Å². The van der Waals surface area contributed by atoms with Crippen LogP contribution in [0.4, 0.5) is 0 Å². The molecular weight excluding hydrogens is 664 g/mol. The minimum Gasteiger partial charge on any atom is -1.00 e. The molecule has 0 amide bonds. The van der Waals surface area contributed by atoms with Crippen LogP contribution in [0.25, 0.3) is 11.1 Å². The van der Waals surface area contributed by atoms with Crippen LogP contribution < -0.4 is 38.5 Å². The summed E-state index contributed by atoms with van der Waals surface area (Å²) in [4.78, 5) is 0. The normalized spacial score (nSPS) is 11.8. The molecule has 5 heteroatoms.